The first-order valence-corrected chi connectivity index (χ1v) is 14.6. The lowest BCUT2D eigenvalue weighted by molar-refractivity contribution is -0.143. The minimum absolute atomic E-state index is 0.0235. The van der Waals surface area contributed by atoms with Crippen LogP contribution in [0.15, 0.2) is 78.9 Å². The largest absolute Gasteiger partial charge is 0.416 e. The van der Waals surface area contributed by atoms with E-state index in [1.807, 2.05) is 67.7 Å². The Morgan fingerprint density at radius 1 is 0.814 bits per heavy atom. The molecule has 3 nitrogen and oxygen atoms in total. The van der Waals surface area contributed by atoms with E-state index in [-0.39, 0.29) is 11.6 Å². The van der Waals surface area contributed by atoms with Gasteiger partial charge in [0.1, 0.15) is 0 Å². The van der Waals surface area contributed by atoms with E-state index in [0.717, 1.165) is 37.0 Å². The highest BCUT2D eigenvalue weighted by molar-refractivity contribution is 5.87. The normalized spacial score (nSPS) is 22.0. The first-order valence-electron chi connectivity index (χ1n) is 14.6. The van der Waals surface area contributed by atoms with Gasteiger partial charge in [0, 0.05) is 5.54 Å². The van der Waals surface area contributed by atoms with Crippen LogP contribution in [0.25, 0.3) is 0 Å². The van der Waals surface area contributed by atoms with Crippen molar-refractivity contribution in [3.63, 3.8) is 0 Å². The van der Waals surface area contributed by atoms with Crippen molar-refractivity contribution in [2.45, 2.75) is 81.1 Å². The van der Waals surface area contributed by atoms with Crippen molar-refractivity contribution < 1.29 is 31.1 Å². The van der Waals surface area contributed by atoms with Gasteiger partial charge in [0.2, 0.25) is 5.91 Å². The van der Waals surface area contributed by atoms with Gasteiger partial charge < -0.3 is 10.6 Å². The summed E-state index contributed by atoms with van der Waals surface area (Å²) in [6.45, 7) is 2.30. The van der Waals surface area contributed by atoms with Crippen LogP contribution in [0.2, 0.25) is 0 Å². The van der Waals surface area contributed by atoms with Gasteiger partial charge in [0.05, 0.1) is 16.5 Å². The van der Waals surface area contributed by atoms with E-state index < -0.39 is 46.3 Å². The Kier molecular flexibility index (Phi) is 9.64. The molecule has 0 saturated heterocycles. The third kappa shape index (κ3) is 7.08. The zero-order chi connectivity index (χ0) is 31.5. The average Bonchev–Trinajstić information content (AvgIpc) is 2.98. The number of benzene rings is 3. The van der Waals surface area contributed by atoms with Crippen molar-refractivity contribution in [1.82, 2.24) is 4.90 Å². The average molecular weight is 605 g/mol. The van der Waals surface area contributed by atoms with Crippen LogP contribution in [0.3, 0.4) is 0 Å². The van der Waals surface area contributed by atoms with Crippen LogP contribution in [-0.2, 0) is 29.0 Å². The number of hydrogen-bond donors (Lipinski definition) is 1. The Morgan fingerprint density at radius 3 is 1.81 bits per heavy atom. The minimum atomic E-state index is -4.94. The first kappa shape index (κ1) is 32.6. The molecule has 1 saturated carbocycles. The van der Waals surface area contributed by atoms with E-state index in [2.05, 4.69) is 4.90 Å². The zero-order valence-corrected chi connectivity index (χ0v) is 24.4. The maximum atomic E-state index is 13.8. The molecule has 0 aliphatic heterocycles. The fraction of sp³-hybridized carbons (Fsp3) is 0.441. The van der Waals surface area contributed by atoms with Crippen LogP contribution < -0.4 is 5.73 Å². The summed E-state index contributed by atoms with van der Waals surface area (Å²) in [5.74, 6) is -1.18. The summed E-state index contributed by atoms with van der Waals surface area (Å²) in [5.41, 5.74) is 3.51. The number of primary amides is 1. The lowest BCUT2D eigenvalue weighted by atomic mass is 9.59. The number of rotatable bonds is 10. The van der Waals surface area contributed by atoms with Crippen molar-refractivity contribution in [2.24, 2.45) is 5.73 Å². The number of aryl methyl sites for hydroxylation is 1. The second-order valence-electron chi connectivity index (χ2n) is 11.8. The van der Waals surface area contributed by atoms with Crippen molar-refractivity contribution >= 4 is 5.91 Å². The maximum Gasteiger partial charge on any atom is 0.416 e. The number of carbonyl (C=O) groups excluding carboxylic acids is 1. The van der Waals surface area contributed by atoms with Gasteiger partial charge in [-0.05, 0) is 99.3 Å². The third-order valence-electron chi connectivity index (χ3n) is 9.50. The summed E-state index contributed by atoms with van der Waals surface area (Å²) < 4.78 is 82.7. The molecule has 9 heteroatoms. The second-order valence-corrected chi connectivity index (χ2v) is 11.8. The number of nitrogens with two attached hydrogens (primary N) is 1. The quantitative estimate of drug-likeness (QED) is 0.186. The molecule has 232 valence electrons. The van der Waals surface area contributed by atoms with E-state index in [1.165, 1.54) is 5.56 Å². The van der Waals surface area contributed by atoms with Crippen LogP contribution in [0.1, 0.15) is 79.2 Å². The molecule has 3 aromatic carbocycles. The number of alkyl halides is 6. The highest BCUT2D eigenvalue weighted by Gasteiger charge is 2.51. The molecule has 1 fully saturated rings. The fourth-order valence-electron chi connectivity index (χ4n) is 6.77. The van der Waals surface area contributed by atoms with Crippen LogP contribution in [0, 0.1) is 0 Å². The third-order valence-corrected chi connectivity index (χ3v) is 9.50. The van der Waals surface area contributed by atoms with E-state index in [4.69, 9.17) is 5.73 Å². The first-order chi connectivity index (χ1) is 20.2. The predicted molar refractivity (Wildman–Crippen MR) is 155 cm³/mol. The molecule has 1 aliphatic rings. The van der Waals surface area contributed by atoms with Crippen LogP contribution in [0.5, 0.6) is 0 Å². The fourth-order valence-corrected chi connectivity index (χ4v) is 6.77. The number of nitrogens with zero attached hydrogens (tertiary/aromatic N) is 1. The summed E-state index contributed by atoms with van der Waals surface area (Å²) in [6.07, 6.45) is -5.95. The topological polar surface area (TPSA) is 46.3 Å². The minimum Gasteiger partial charge on any atom is -0.369 e. The molecule has 1 atom stereocenters. The smallest absolute Gasteiger partial charge is 0.369 e. The molecule has 2 N–H and O–H groups in total. The monoisotopic (exact) mass is 604 g/mol. The number of carbonyl (C=O) groups is 1. The van der Waals surface area contributed by atoms with Gasteiger partial charge in [0.25, 0.3) is 0 Å². The number of likely N-dealkylation sites (N-methyl/N-ethyl adjacent to an activating group) is 1. The van der Waals surface area contributed by atoms with Crippen molar-refractivity contribution in [3.05, 3.63) is 107 Å². The van der Waals surface area contributed by atoms with Gasteiger partial charge in [-0.2, -0.15) is 26.3 Å². The molecule has 3 aromatic rings. The summed E-state index contributed by atoms with van der Waals surface area (Å²) in [4.78, 5) is 15.0. The van der Waals surface area contributed by atoms with Crippen molar-refractivity contribution in [2.75, 3.05) is 13.6 Å². The molecule has 0 bridgehead atoms. The van der Waals surface area contributed by atoms with Gasteiger partial charge in [-0.25, -0.2) is 0 Å². The number of hydrogen-bond acceptors (Lipinski definition) is 2. The van der Waals surface area contributed by atoms with Crippen LogP contribution in [0.4, 0.5) is 26.3 Å². The highest BCUT2D eigenvalue weighted by atomic mass is 19.4. The highest BCUT2D eigenvalue weighted by Crippen LogP contribution is 2.51. The van der Waals surface area contributed by atoms with Gasteiger partial charge in [0.15, 0.2) is 0 Å². The number of halogens is 6. The van der Waals surface area contributed by atoms with Gasteiger partial charge >= 0.3 is 12.4 Å². The SMILES string of the molecule is C[C@@H](c1cc(C(F)(F)F)cc(C(F)(F)F)c1)[C@]1(N(C)CCCCc2ccccc2)CC[C@@](C(N)=O)(c2ccccc2)CC1. The van der Waals surface area contributed by atoms with Crippen molar-refractivity contribution in [1.29, 1.82) is 0 Å². The molecule has 0 aromatic heterocycles. The number of unbranched alkanes of at least 4 members (excludes halogenated alkanes) is 1. The summed E-state index contributed by atoms with van der Waals surface area (Å²) in [6, 6.07) is 21.0. The predicted octanol–water partition coefficient (Wildman–Crippen LogP) is 8.52. The number of amides is 1. The van der Waals surface area contributed by atoms with Crippen molar-refractivity contribution in [3.8, 4) is 0 Å². The van der Waals surface area contributed by atoms with Gasteiger partial charge in [-0.15, -0.1) is 0 Å². The lowest BCUT2D eigenvalue weighted by Crippen LogP contribution is -2.57. The molecule has 4 rings (SSSR count). The standard InChI is InChI=1S/C34H38F6N2O/c1-24(26-21-28(33(35,36)37)23-29(22-26)34(38,39)40)32(42(2)20-10-9-13-25-11-5-3-6-12-25)18-16-31(17-19-32,30(41)43)27-14-7-4-8-15-27/h3-8,11-12,14-15,21-24H,9-10,13,16-20H2,1-2H3,(H2,41,43)/t24-,31-,32-/m0/s1. The van der Waals surface area contributed by atoms with Gasteiger partial charge in [-0.3, -0.25) is 4.79 Å². The summed E-state index contributed by atoms with van der Waals surface area (Å²) in [5, 5.41) is 0. The molecule has 0 unspecified atom stereocenters. The summed E-state index contributed by atoms with van der Waals surface area (Å²) >= 11 is 0. The Hall–Kier alpha value is -3.33. The molecule has 0 heterocycles. The Balaban J connectivity index is 1.69. The van der Waals surface area contributed by atoms with E-state index in [0.29, 0.717) is 32.2 Å². The van der Waals surface area contributed by atoms with Crippen LogP contribution >= 0.6 is 0 Å². The van der Waals surface area contributed by atoms with E-state index >= 15 is 0 Å². The summed E-state index contributed by atoms with van der Waals surface area (Å²) in [7, 11) is 1.89. The maximum absolute atomic E-state index is 13.8. The lowest BCUT2D eigenvalue weighted by Gasteiger charge is -2.53. The van der Waals surface area contributed by atoms with Gasteiger partial charge in [-0.1, -0.05) is 67.6 Å². The molecule has 1 amide bonds. The molecule has 1 aliphatic carbocycles. The van der Waals surface area contributed by atoms with E-state index in [1.54, 1.807) is 6.92 Å². The molecular formula is C34H38F6N2O. The molecule has 43 heavy (non-hydrogen) atoms. The van der Waals surface area contributed by atoms with E-state index in [9.17, 15) is 31.1 Å². The molecule has 0 radical (unpaired) electrons. The zero-order valence-electron chi connectivity index (χ0n) is 24.4. The second kappa shape index (κ2) is 12.7. The van der Waals surface area contributed by atoms with Crippen LogP contribution in [-0.4, -0.2) is 29.9 Å². The Bertz CT molecular complexity index is 1330. The molecule has 0 spiro atoms. The molecular weight excluding hydrogens is 566 g/mol. The Morgan fingerprint density at radius 2 is 1.33 bits per heavy atom. The Labute approximate surface area is 249 Å².